The molecule has 0 radical (unpaired) electrons. The smallest absolute Gasteiger partial charge is 0.212 e. The summed E-state index contributed by atoms with van der Waals surface area (Å²) in [6.45, 7) is 0. The first-order valence-corrected chi connectivity index (χ1v) is 6.05. The lowest BCUT2D eigenvalue weighted by Crippen LogP contribution is -2.05. The highest BCUT2D eigenvalue weighted by Crippen LogP contribution is 2.23. The zero-order chi connectivity index (χ0) is 11.5. The van der Waals surface area contributed by atoms with Crippen LogP contribution >= 0.6 is 34.2 Å². The lowest BCUT2D eigenvalue weighted by atomic mass is 10.1. The summed E-state index contributed by atoms with van der Waals surface area (Å²) in [6.07, 6.45) is 1.60. The van der Waals surface area contributed by atoms with E-state index in [1.807, 2.05) is 0 Å². The van der Waals surface area contributed by atoms with E-state index in [2.05, 4.69) is 27.6 Å². The van der Waals surface area contributed by atoms with Crippen molar-refractivity contribution < 1.29 is 4.79 Å². The van der Waals surface area contributed by atoms with Crippen LogP contribution in [0.4, 0.5) is 0 Å². The third-order valence-corrected chi connectivity index (χ3v) is 3.89. The van der Waals surface area contributed by atoms with E-state index in [4.69, 9.17) is 11.6 Å². The van der Waals surface area contributed by atoms with Crippen LogP contribution in [-0.4, -0.2) is 10.8 Å². The van der Waals surface area contributed by atoms with Crippen molar-refractivity contribution in [2.45, 2.75) is 0 Å². The Morgan fingerprint density at radius 3 is 2.69 bits per heavy atom. The van der Waals surface area contributed by atoms with Crippen molar-refractivity contribution in [3.8, 4) is 0 Å². The highest BCUT2D eigenvalue weighted by molar-refractivity contribution is 14.1. The minimum Gasteiger partial charge on any atom is -0.287 e. The molecule has 0 N–H and O–H groups in total. The van der Waals surface area contributed by atoms with Crippen LogP contribution in [0.2, 0.25) is 5.02 Å². The number of hydrogen-bond acceptors (Lipinski definition) is 2. The Kier molecular flexibility index (Phi) is 3.56. The van der Waals surface area contributed by atoms with Crippen LogP contribution in [0.5, 0.6) is 0 Å². The number of halogens is 2. The second-order valence-corrected chi connectivity index (χ2v) is 4.63. The minimum absolute atomic E-state index is 0.104. The minimum atomic E-state index is -0.104. The number of rotatable bonds is 2. The van der Waals surface area contributed by atoms with Crippen molar-refractivity contribution in [2.24, 2.45) is 0 Å². The van der Waals surface area contributed by atoms with Crippen molar-refractivity contribution in [3.05, 3.63) is 62.4 Å². The van der Waals surface area contributed by atoms with Gasteiger partial charge < -0.3 is 0 Å². The van der Waals surface area contributed by atoms with E-state index in [9.17, 15) is 4.79 Å². The number of benzene rings is 1. The summed E-state index contributed by atoms with van der Waals surface area (Å²) in [5.74, 6) is -0.104. The summed E-state index contributed by atoms with van der Waals surface area (Å²) in [5, 5.41) is 0.586. The molecule has 1 aromatic carbocycles. The summed E-state index contributed by atoms with van der Waals surface area (Å²) in [5.41, 5.74) is 1.02. The van der Waals surface area contributed by atoms with Crippen LogP contribution in [0.1, 0.15) is 16.1 Å². The van der Waals surface area contributed by atoms with Gasteiger partial charge in [-0.2, -0.15) is 0 Å². The van der Waals surface area contributed by atoms with Gasteiger partial charge in [0.2, 0.25) is 5.78 Å². The van der Waals surface area contributed by atoms with Gasteiger partial charge in [0.15, 0.2) is 0 Å². The highest BCUT2D eigenvalue weighted by Gasteiger charge is 2.14. The molecule has 16 heavy (non-hydrogen) atoms. The van der Waals surface area contributed by atoms with Crippen LogP contribution in [0.15, 0.2) is 42.6 Å². The molecule has 0 spiro atoms. The van der Waals surface area contributed by atoms with Crippen molar-refractivity contribution in [3.63, 3.8) is 0 Å². The van der Waals surface area contributed by atoms with Gasteiger partial charge in [-0.05, 0) is 46.9 Å². The largest absolute Gasteiger partial charge is 0.287 e. The van der Waals surface area contributed by atoms with Crippen molar-refractivity contribution in [1.29, 1.82) is 0 Å². The number of ketones is 1. The Balaban J connectivity index is 2.46. The fourth-order valence-electron chi connectivity index (χ4n) is 1.31. The second kappa shape index (κ2) is 4.93. The molecule has 0 saturated heterocycles. The fourth-order valence-corrected chi connectivity index (χ4v) is 2.09. The Bertz CT molecular complexity index is 528. The maximum Gasteiger partial charge on any atom is 0.212 e. The van der Waals surface area contributed by atoms with Gasteiger partial charge in [-0.25, -0.2) is 0 Å². The molecule has 0 saturated carbocycles. The summed E-state index contributed by atoms with van der Waals surface area (Å²) in [6, 6.07) is 10.5. The topological polar surface area (TPSA) is 30.0 Å². The van der Waals surface area contributed by atoms with Gasteiger partial charge in [0, 0.05) is 15.3 Å². The van der Waals surface area contributed by atoms with Gasteiger partial charge in [0.05, 0.1) is 5.02 Å². The molecule has 0 aliphatic rings. The van der Waals surface area contributed by atoms with Gasteiger partial charge in [-0.1, -0.05) is 23.7 Å². The summed E-state index contributed by atoms with van der Waals surface area (Å²) >= 11 is 8.03. The number of pyridine rings is 1. The first kappa shape index (κ1) is 11.5. The van der Waals surface area contributed by atoms with Crippen molar-refractivity contribution in [2.75, 3.05) is 0 Å². The molecule has 80 valence electrons. The van der Waals surface area contributed by atoms with Crippen LogP contribution < -0.4 is 0 Å². The van der Waals surface area contributed by atoms with E-state index in [0.29, 0.717) is 16.3 Å². The van der Waals surface area contributed by atoms with Crippen LogP contribution in [0, 0.1) is 3.57 Å². The molecule has 1 aromatic heterocycles. The first-order chi connectivity index (χ1) is 7.70. The molecule has 0 unspecified atom stereocenters. The zero-order valence-corrected chi connectivity index (χ0v) is 11.1. The Morgan fingerprint density at radius 2 is 2.00 bits per heavy atom. The van der Waals surface area contributed by atoms with Gasteiger partial charge in [0.25, 0.3) is 0 Å². The molecule has 2 rings (SSSR count). The average molecular weight is 344 g/mol. The third kappa shape index (κ3) is 2.25. The monoisotopic (exact) mass is 343 g/mol. The van der Waals surface area contributed by atoms with Gasteiger partial charge >= 0.3 is 0 Å². The van der Waals surface area contributed by atoms with E-state index in [0.717, 1.165) is 3.57 Å². The normalized spacial score (nSPS) is 10.1. The maximum atomic E-state index is 12.1. The highest BCUT2D eigenvalue weighted by atomic mass is 127. The van der Waals surface area contributed by atoms with E-state index in [-0.39, 0.29) is 5.78 Å². The zero-order valence-electron chi connectivity index (χ0n) is 8.15. The predicted molar refractivity (Wildman–Crippen MR) is 71.8 cm³/mol. The molecule has 0 aliphatic heterocycles. The standard InChI is InChI=1S/C12H7ClINO/c13-9-5-3-4-8(11(9)14)12(16)10-6-1-2-7-15-10/h1-7H. The average Bonchev–Trinajstić information content (AvgIpc) is 2.33. The fraction of sp³-hybridized carbons (Fsp3) is 0. The Morgan fingerprint density at radius 1 is 1.19 bits per heavy atom. The molecular weight excluding hydrogens is 336 g/mol. The summed E-state index contributed by atoms with van der Waals surface area (Å²) < 4.78 is 0.761. The molecule has 0 bridgehead atoms. The van der Waals surface area contributed by atoms with Crippen molar-refractivity contribution >= 4 is 40.0 Å². The number of hydrogen-bond donors (Lipinski definition) is 0. The third-order valence-electron chi connectivity index (χ3n) is 2.09. The SMILES string of the molecule is O=C(c1ccccn1)c1cccc(Cl)c1I. The maximum absolute atomic E-state index is 12.1. The molecule has 0 atom stereocenters. The molecule has 0 aliphatic carbocycles. The second-order valence-electron chi connectivity index (χ2n) is 3.15. The Hall–Kier alpha value is -0.940. The van der Waals surface area contributed by atoms with E-state index >= 15 is 0 Å². The molecule has 2 nitrogen and oxygen atoms in total. The quantitative estimate of drug-likeness (QED) is 0.616. The lowest BCUT2D eigenvalue weighted by Gasteiger charge is -2.04. The molecule has 2 aromatic rings. The molecule has 4 heteroatoms. The number of aromatic nitrogens is 1. The number of carbonyl (C=O) groups excluding carboxylic acids is 1. The first-order valence-electron chi connectivity index (χ1n) is 4.60. The Labute approximate surface area is 112 Å². The lowest BCUT2D eigenvalue weighted by molar-refractivity contribution is 0.103. The van der Waals surface area contributed by atoms with Gasteiger partial charge in [0.1, 0.15) is 5.69 Å². The van der Waals surface area contributed by atoms with E-state index < -0.39 is 0 Å². The molecule has 1 heterocycles. The summed E-state index contributed by atoms with van der Waals surface area (Å²) in [4.78, 5) is 16.1. The van der Waals surface area contributed by atoms with Crippen LogP contribution in [0.25, 0.3) is 0 Å². The van der Waals surface area contributed by atoms with E-state index in [1.165, 1.54) is 0 Å². The van der Waals surface area contributed by atoms with Crippen molar-refractivity contribution in [1.82, 2.24) is 4.98 Å². The molecular formula is C12H7ClINO. The van der Waals surface area contributed by atoms with Gasteiger partial charge in [-0.15, -0.1) is 0 Å². The van der Waals surface area contributed by atoms with Crippen LogP contribution in [-0.2, 0) is 0 Å². The molecule has 0 amide bonds. The van der Waals surface area contributed by atoms with Crippen LogP contribution in [0.3, 0.4) is 0 Å². The molecule has 0 fully saturated rings. The number of carbonyl (C=O) groups is 1. The number of nitrogens with zero attached hydrogens (tertiary/aromatic N) is 1. The van der Waals surface area contributed by atoms with Gasteiger partial charge in [-0.3, -0.25) is 9.78 Å². The summed E-state index contributed by atoms with van der Waals surface area (Å²) in [7, 11) is 0. The predicted octanol–water partition coefficient (Wildman–Crippen LogP) is 3.57. The van der Waals surface area contributed by atoms with E-state index in [1.54, 1.807) is 42.6 Å².